The second kappa shape index (κ2) is 4.09. The van der Waals surface area contributed by atoms with Crippen LogP contribution in [0.4, 0.5) is 0 Å². The molecule has 0 aliphatic heterocycles. The lowest BCUT2D eigenvalue weighted by Gasteiger charge is -2.21. The quantitative estimate of drug-likeness (QED) is 0.632. The number of fused-ring (bicyclic) bond motifs is 2. The largest absolute Gasteiger partial charge is 0.411 e. The third kappa shape index (κ3) is 1.61. The van der Waals surface area contributed by atoms with E-state index < -0.39 is 0 Å². The number of rotatable bonds is 2. The van der Waals surface area contributed by atoms with Crippen LogP contribution < -0.4 is 0 Å². The number of nitrogens with zero attached hydrogens (tertiary/aromatic N) is 2. The van der Waals surface area contributed by atoms with Crippen molar-refractivity contribution in [2.75, 3.05) is 0 Å². The first-order valence-electron chi connectivity index (χ1n) is 5.68. The summed E-state index contributed by atoms with van der Waals surface area (Å²) in [5, 5.41) is 14.0. The van der Waals surface area contributed by atoms with Gasteiger partial charge < -0.3 is 5.21 Å². The Bertz CT molecular complexity index is 407. The second-order valence-corrected chi connectivity index (χ2v) is 5.66. The SMILES string of the molecule is O/N=C1/[C@H]2CC[C@@H](C2)[C@@H]1Sc1ccccn1. The molecule has 2 fully saturated rings. The van der Waals surface area contributed by atoms with E-state index >= 15 is 0 Å². The van der Waals surface area contributed by atoms with Gasteiger partial charge in [0.25, 0.3) is 0 Å². The van der Waals surface area contributed by atoms with Crippen LogP contribution in [0.15, 0.2) is 34.6 Å². The normalized spacial score (nSPS) is 34.8. The van der Waals surface area contributed by atoms with Gasteiger partial charge in [-0.25, -0.2) is 4.98 Å². The van der Waals surface area contributed by atoms with Gasteiger partial charge in [-0.3, -0.25) is 0 Å². The van der Waals surface area contributed by atoms with Crippen molar-refractivity contribution in [1.82, 2.24) is 4.98 Å². The van der Waals surface area contributed by atoms with E-state index in [1.807, 2.05) is 24.4 Å². The Kier molecular flexibility index (Phi) is 2.59. The first-order valence-corrected chi connectivity index (χ1v) is 6.56. The molecule has 0 radical (unpaired) electrons. The standard InChI is InChI=1S/C12H14N2OS/c15-14-11-8-4-5-9(7-8)12(11)16-10-3-1-2-6-13-10/h1-3,6,8-9,12,15H,4-5,7H2/b14-11-/t8-,9-,12-/m0/s1. The Morgan fingerprint density at radius 1 is 1.38 bits per heavy atom. The topological polar surface area (TPSA) is 45.5 Å². The fourth-order valence-corrected chi connectivity index (χ4v) is 4.21. The van der Waals surface area contributed by atoms with Crippen LogP contribution >= 0.6 is 11.8 Å². The van der Waals surface area contributed by atoms with Crippen LogP contribution in [0, 0.1) is 11.8 Å². The van der Waals surface area contributed by atoms with E-state index in [0.717, 1.165) is 10.7 Å². The highest BCUT2D eigenvalue weighted by Crippen LogP contribution is 2.49. The molecular formula is C12H14N2OS. The Morgan fingerprint density at radius 3 is 3.06 bits per heavy atom. The van der Waals surface area contributed by atoms with Gasteiger partial charge in [0.15, 0.2) is 0 Å². The summed E-state index contributed by atoms with van der Waals surface area (Å²) in [7, 11) is 0. The van der Waals surface area contributed by atoms with Gasteiger partial charge in [0.05, 0.1) is 16.0 Å². The van der Waals surface area contributed by atoms with Gasteiger partial charge in [-0.05, 0) is 37.3 Å². The number of hydrogen-bond donors (Lipinski definition) is 1. The molecule has 1 aromatic heterocycles. The zero-order chi connectivity index (χ0) is 11.0. The summed E-state index contributed by atoms with van der Waals surface area (Å²) in [5.41, 5.74) is 0.993. The van der Waals surface area contributed by atoms with Crippen LogP contribution in [-0.2, 0) is 0 Å². The smallest absolute Gasteiger partial charge is 0.0966 e. The summed E-state index contributed by atoms with van der Waals surface area (Å²) < 4.78 is 0. The van der Waals surface area contributed by atoms with Crippen molar-refractivity contribution >= 4 is 17.5 Å². The van der Waals surface area contributed by atoms with Crippen molar-refractivity contribution in [1.29, 1.82) is 0 Å². The molecule has 0 saturated heterocycles. The van der Waals surface area contributed by atoms with E-state index in [1.165, 1.54) is 19.3 Å². The van der Waals surface area contributed by atoms with Gasteiger partial charge in [-0.1, -0.05) is 23.0 Å². The van der Waals surface area contributed by atoms with E-state index in [-0.39, 0.29) is 0 Å². The molecule has 1 aromatic rings. The maximum atomic E-state index is 9.09. The Hall–Kier alpha value is -1.03. The van der Waals surface area contributed by atoms with E-state index in [2.05, 4.69) is 10.1 Å². The van der Waals surface area contributed by atoms with Gasteiger partial charge >= 0.3 is 0 Å². The minimum absolute atomic E-state index is 0.346. The van der Waals surface area contributed by atoms with E-state index in [4.69, 9.17) is 5.21 Å². The Balaban J connectivity index is 1.80. The highest BCUT2D eigenvalue weighted by atomic mass is 32.2. The molecule has 4 heteroatoms. The van der Waals surface area contributed by atoms with Crippen LogP contribution in [0.25, 0.3) is 0 Å². The molecule has 0 aromatic carbocycles. The van der Waals surface area contributed by atoms with Crippen molar-refractivity contribution in [2.24, 2.45) is 17.0 Å². The lowest BCUT2D eigenvalue weighted by Crippen LogP contribution is -2.24. The zero-order valence-electron chi connectivity index (χ0n) is 8.91. The van der Waals surface area contributed by atoms with E-state index in [9.17, 15) is 0 Å². The predicted octanol–water partition coefficient (Wildman–Crippen LogP) is 2.80. The minimum Gasteiger partial charge on any atom is -0.411 e. The molecule has 2 aliphatic carbocycles. The number of hydrogen-bond acceptors (Lipinski definition) is 4. The summed E-state index contributed by atoms with van der Waals surface area (Å²) in [5.74, 6) is 1.21. The fourth-order valence-electron chi connectivity index (χ4n) is 2.88. The van der Waals surface area contributed by atoms with Crippen molar-refractivity contribution in [3.05, 3.63) is 24.4 Å². The zero-order valence-corrected chi connectivity index (χ0v) is 9.73. The highest BCUT2D eigenvalue weighted by molar-refractivity contribution is 8.00. The molecule has 0 spiro atoms. The molecule has 3 rings (SSSR count). The highest BCUT2D eigenvalue weighted by Gasteiger charge is 2.46. The minimum atomic E-state index is 0.346. The molecule has 1 N–H and O–H groups in total. The Morgan fingerprint density at radius 2 is 2.31 bits per heavy atom. The summed E-state index contributed by atoms with van der Waals surface area (Å²) in [4.78, 5) is 4.32. The van der Waals surface area contributed by atoms with Gasteiger partial charge in [0, 0.05) is 12.1 Å². The van der Waals surface area contributed by atoms with Crippen LogP contribution in [-0.4, -0.2) is 21.2 Å². The van der Waals surface area contributed by atoms with Crippen LogP contribution in [0.3, 0.4) is 0 Å². The lowest BCUT2D eigenvalue weighted by atomic mass is 9.98. The third-order valence-corrected chi connectivity index (χ3v) is 4.98. The molecule has 0 unspecified atom stereocenters. The van der Waals surface area contributed by atoms with Gasteiger partial charge in [-0.15, -0.1) is 0 Å². The number of aromatic nitrogens is 1. The molecular weight excluding hydrogens is 220 g/mol. The van der Waals surface area contributed by atoms with Crippen LogP contribution in [0.1, 0.15) is 19.3 Å². The molecule has 3 nitrogen and oxygen atoms in total. The summed E-state index contributed by atoms with van der Waals surface area (Å²) in [6, 6.07) is 5.94. The Labute approximate surface area is 99.0 Å². The predicted molar refractivity (Wildman–Crippen MR) is 63.9 cm³/mol. The van der Waals surface area contributed by atoms with Gasteiger partial charge in [0.1, 0.15) is 0 Å². The van der Waals surface area contributed by atoms with Crippen molar-refractivity contribution in [3.8, 4) is 0 Å². The average Bonchev–Trinajstić information content (AvgIpc) is 2.91. The van der Waals surface area contributed by atoms with Crippen molar-refractivity contribution in [3.63, 3.8) is 0 Å². The summed E-state index contributed by atoms with van der Waals surface area (Å²) in [6.07, 6.45) is 5.48. The maximum Gasteiger partial charge on any atom is 0.0966 e. The molecule has 0 amide bonds. The third-order valence-electron chi connectivity index (χ3n) is 3.61. The monoisotopic (exact) mass is 234 g/mol. The first kappa shape index (κ1) is 10.1. The maximum absolute atomic E-state index is 9.09. The van der Waals surface area contributed by atoms with Crippen molar-refractivity contribution < 1.29 is 5.21 Å². The lowest BCUT2D eigenvalue weighted by molar-refractivity contribution is 0.314. The number of thioether (sulfide) groups is 1. The van der Waals surface area contributed by atoms with E-state index in [1.54, 1.807) is 11.8 Å². The first-order chi connectivity index (χ1) is 7.88. The average molecular weight is 234 g/mol. The second-order valence-electron chi connectivity index (χ2n) is 4.50. The van der Waals surface area contributed by atoms with Gasteiger partial charge in [-0.2, -0.15) is 0 Å². The van der Waals surface area contributed by atoms with Crippen LogP contribution in [0.2, 0.25) is 0 Å². The molecule has 2 saturated carbocycles. The molecule has 3 atom stereocenters. The molecule has 2 bridgehead atoms. The summed E-state index contributed by atoms with van der Waals surface area (Å²) in [6.45, 7) is 0. The van der Waals surface area contributed by atoms with Crippen LogP contribution in [0.5, 0.6) is 0 Å². The summed E-state index contributed by atoms with van der Waals surface area (Å²) >= 11 is 1.75. The molecule has 84 valence electrons. The van der Waals surface area contributed by atoms with Crippen molar-refractivity contribution in [2.45, 2.75) is 29.5 Å². The van der Waals surface area contributed by atoms with Gasteiger partial charge in [0.2, 0.25) is 0 Å². The number of oxime groups is 1. The van der Waals surface area contributed by atoms with E-state index in [0.29, 0.717) is 17.1 Å². The fraction of sp³-hybridized carbons (Fsp3) is 0.500. The molecule has 2 aliphatic rings. The molecule has 16 heavy (non-hydrogen) atoms. The number of pyridine rings is 1. The molecule has 1 heterocycles.